The molecule has 0 aliphatic rings. The molecule has 0 aliphatic carbocycles. The summed E-state index contributed by atoms with van der Waals surface area (Å²) in [5.74, 6) is -0.639. The minimum Gasteiger partial charge on any atom is -0.282 e. The van der Waals surface area contributed by atoms with Crippen LogP contribution in [0.2, 0.25) is 0 Å². The number of nitrogens with zero attached hydrogens (tertiary/aromatic N) is 1. The van der Waals surface area contributed by atoms with E-state index in [1.54, 1.807) is 23.2 Å². The average Bonchev–Trinajstić information content (AvgIpc) is 2.28. The van der Waals surface area contributed by atoms with E-state index in [2.05, 4.69) is 4.98 Å². The van der Waals surface area contributed by atoms with Crippen molar-refractivity contribution in [2.75, 3.05) is 5.75 Å². The van der Waals surface area contributed by atoms with E-state index in [4.69, 9.17) is 4.84 Å². The molecule has 1 aromatic rings. The lowest BCUT2D eigenvalue weighted by Crippen LogP contribution is -2.27. The summed E-state index contributed by atoms with van der Waals surface area (Å²) >= 11 is 0. The quantitative estimate of drug-likeness (QED) is 0.779. The molecule has 5 nitrogen and oxygen atoms in total. The molecule has 0 bridgehead atoms. The maximum Gasteiger partial charge on any atom is 0.389 e. The highest BCUT2D eigenvalue weighted by Gasteiger charge is 2.27. The molecule has 0 unspecified atom stereocenters. The normalized spacial score (nSPS) is 12.6. The summed E-state index contributed by atoms with van der Waals surface area (Å²) in [5, 5.41) is 0. The third kappa shape index (κ3) is 7.75. The molecule has 1 aromatic heterocycles. The maximum atomic E-state index is 11.9. The molecule has 9 heteroatoms. The van der Waals surface area contributed by atoms with E-state index >= 15 is 0 Å². The predicted octanol–water partition coefficient (Wildman–Crippen LogP) is 1.78. The molecule has 0 aromatic carbocycles. The fourth-order valence-electron chi connectivity index (χ4n) is 1.19. The lowest BCUT2D eigenvalue weighted by molar-refractivity contribution is -0.134. The second-order valence-corrected chi connectivity index (χ2v) is 5.58. The van der Waals surface area contributed by atoms with Crippen LogP contribution in [0.5, 0.6) is 0 Å². The monoisotopic (exact) mass is 298 g/mol. The molecule has 0 saturated carbocycles. The molecule has 1 heterocycles. The van der Waals surface area contributed by atoms with Crippen molar-refractivity contribution >= 4 is 10.0 Å². The minimum absolute atomic E-state index is 0.0493. The van der Waals surface area contributed by atoms with Gasteiger partial charge in [0.2, 0.25) is 10.0 Å². The lowest BCUT2D eigenvalue weighted by atomic mass is 10.3. The van der Waals surface area contributed by atoms with E-state index < -0.39 is 34.8 Å². The van der Waals surface area contributed by atoms with E-state index in [1.165, 1.54) is 6.20 Å². The Morgan fingerprint density at radius 3 is 2.68 bits per heavy atom. The molecule has 108 valence electrons. The zero-order valence-electron chi connectivity index (χ0n) is 9.85. The van der Waals surface area contributed by atoms with Gasteiger partial charge in [0.15, 0.2) is 0 Å². The van der Waals surface area contributed by atoms with Crippen molar-refractivity contribution in [3.05, 3.63) is 30.1 Å². The number of sulfonamides is 1. The number of alkyl halides is 3. The first-order chi connectivity index (χ1) is 8.79. The smallest absolute Gasteiger partial charge is 0.282 e. The van der Waals surface area contributed by atoms with Crippen LogP contribution in [-0.2, 0) is 21.5 Å². The SMILES string of the molecule is O=S(=O)(CCCC(F)(F)F)NOCc1cccnc1. The molecule has 0 radical (unpaired) electrons. The Balaban J connectivity index is 2.27. The highest BCUT2D eigenvalue weighted by molar-refractivity contribution is 7.89. The Labute approximate surface area is 108 Å². The van der Waals surface area contributed by atoms with Crippen molar-refractivity contribution in [1.82, 2.24) is 9.87 Å². The summed E-state index contributed by atoms with van der Waals surface area (Å²) in [6, 6.07) is 3.32. The summed E-state index contributed by atoms with van der Waals surface area (Å²) < 4.78 is 58.1. The molecule has 0 amide bonds. The Morgan fingerprint density at radius 2 is 2.11 bits per heavy atom. The number of hydrogen-bond donors (Lipinski definition) is 1. The van der Waals surface area contributed by atoms with Crippen LogP contribution in [0.3, 0.4) is 0 Å². The lowest BCUT2D eigenvalue weighted by Gasteiger charge is -2.08. The number of nitrogens with one attached hydrogen (secondary N) is 1. The third-order valence-corrected chi connectivity index (χ3v) is 3.22. The zero-order valence-corrected chi connectivity index (χ0v) is 10.7. The van der Waals surface area contributed by atoms with Gasteiger partial charge in [0.1, 0.15) is 0 Å². The number of pyridine rings is 1. The van der Waals surface area contributed by atoms with Gasteiger partial charge in [0, 0.05) is 18.8 Å². The van der Waals surface area contributed by atoms with Crippen molar-refractivity contribution in [2.24, 2.45) is 0 Å². The van der Waals surface area contributed by atoms with Crippen LogP contribution in [0.1, 0.15) is 18.4 Å². The Hall–Kier alpha value is -1.19. The third-order valence-electron chi connectivity index (χ3n) is 2.02. The van der Waals surface area contributed by atoms with Crippen LogP contribution in [-0.4, -0.2) is 25.3 Å². The van der Waals surface area contributed by atoms with Gasteiger partial charge in [-0.1, -0.05) is 11.0 Å². The molecule has 19 heavy (non-hydrogen) atoms. The molecule has 1 rings (SSSR count). The van der Waals surface area contributed by atoms with Gasteiger partial charge in [0.25, 0.3) is 0 Å². The topological polar surface area (TPSA) is 68.3 Å². The van der Waals surface area contributed by atoms with Gasteiger partial charge in [-0.2, -0.15) is 13.2 Å². The highest BCUT2D eigenvalue weighted by Crippen LogP contribution is 2.21. The van der Waals surface area contributed by atoms with Gasteiger partial charge in [0.05, 0.1) is 12.4 Å². The Morgan fingerprint density at radius 1 is 1.37 bits per heavy atom. The van der Waals surface area contributed by atoms with Crippen molar-refractivity contribution in [3.63, 3.8) is 0 Å². The standard InChI is InChI=1S/C10H13F3N2O3S/c11-10(12,13)4-2-6-19(16,17)15-18-8-9-3-1-5-14-7-9/h1,3,5,7,15H,2,4,6,8H2. The van der Waals surface area contributed by atoms with Crippen molar-refractivity contribution in [2.45, 2.75) is 25.6 Å². The van der Waals surface area contributed by atoms with Gasteiger partial charge in [-0.25, -0.2) is 8.42 Å². The first-order valence-corrected chi connectivity index (χ1v) is 7.01. The molecule has 0 saturated heterocycles. The first kappa shape index (κ1) is 15.9. The van der Waals surface area contributed by atoms with Crippen molar-refractivity contribution in [3.8, 4) is 0 Å². The fraction of sp³-hybridized carbons (Fsp3) is 0.500. The summed E-state index contributed by atoms with van der Waals surface area (Å²) in [6.45, 7) is -0.0493. The van der Waals surface area contributed by atoms with E-state index in [1.807, 2.05) is 0 Å². The summed E-state index contributed by atoms with van der Waals surface area (Å²) in [5.41, 5.74) is 0.639. The number of rotatable bonds is 7. The van der Waals surface area contributed by atoms with E-state index in [0.29, 0.717) is 5.56 Å². The summed E-state index contributed by atoms with van der Waals surface area (Å²) in [7, 11) is -3.87. The predicted molar refractivity (Wildman–Crippen MR) is 61.2 cm³/mol. The first-order valence-electron chi connectivity index (χ1n) is 5.35. The van der Waals surface area contributed by atoms with Gasteiger partial charge >= 0.3 is 6.18 Å². The largest absolute Gasteiger partial charge is 0.389 e. The van der Waals surface area contributed by atoms with E-state index in [0.717, 1.165) is 0 Å². The van der Waals surface area contributed by atoms with Gasteiger partial charge < -0.3 is 0 Å². The highest BCUT2D eigenvalue weighted by atomic mass is 32.2. The van der Waals surface area contributed by atoms with Gasteiger partial charge in [-0.3, -0.25) is 9.82 Å². The van der Waals surface area contributed by atoms with Crippen LogP contribution in [0.15, 0.2) is 24.5 Å². The van der Waals surface area contributed by atoms with Crippen molar-refractivity contribution < 1.29 is 26.4 Å². The van der Waals surface area contributed by atoms with Crippen LogP contribution < -0.4 is 4.89 Å². The Bertz CT molecular complexity index is 477. The molecular weight excluding hydrogens is 285 g/mol. The van der Waals surface area contributed by atoms with Gasteiger partial charge in [-0.15, -0.1) is 0 Å². The summed E-state index contributed by atoms with van der Waals surface area (Å²) in [4.78, 5) is 10.3. The average molecular weight is 298 g/mol. The second kappa shape index (κ2) is 6.83. The minimum atomic E-state index is -4.36. The fourth-order valence-corrected chi connectivity index (χ4v) is 2.04. The van der Waals surface area contributed by atoms with Crippen LogP contribution >= 0.6 is 0 Å². The molecule has 0 aliphatic heterocycles. The number of aromatic nitrogens is 1. The molecule has 1 N–H and O–H groups in total. The maximum absolute atomic E-state index is 11.9. The van der Waals surface area contributed by atoms with Crippen LogP contribution in [0.4, 0.5) is 13.2 Å². The number of hydrogen-bond acceptors (Lipinski definition) is 4. The number of halogens is 3. The molecular formula is C10H13F3N2O3S. The van der Waals surface area contributed by atoms with Crippen LogP contribution in [0, 0.1) is 0 Å². The Kier molecular flexibility index (Phi) is 5.70. The zero-order chi connectivity index (χ0) is 14.4. The molecule has 0 fully saturated rings. The molecule has 0 spiro atoms. The van der Waals surface area contributed by atoms with Crippen molar-refractivity contribution in [1.29, 1.82) is 0 Å². The van der Waals surface area contributed by atoms with Crippen LogP contribution in [0.25, 0.3) is 0 Å². The van der Waals surface area contributed by atoms with Gasteiger partial charge in [-0.05, 0) is 18.1 Å². The molecule has 0 atom stereocenters. The summed E-state index contributed by atoms with van der Waals surface area (Å²) in [6.07, 6.45) is -2.97. The second-order valence-electron chi connectivity index (χ2n) is 3.77. The van der Waals surface area contributed by atoms with E-state index in [9.17, 15) is 21.6 Å². The van der Waals surface area contributed by atoms with E-state index in [-0.39, 0.29) is 6.61 Å².